The molecule has 0 aliphatic heterocycles. The van der Waals surface area contributed by atoms with Crippen LogP contribution >= 0.6 is 0 Å². The Morgan fingerprint density at radius 1 is 1.30 bits per heavy atom. The highest BCUT2D eigenvalue weighted by atomic mass is 19.4. The lowest BCUT2D eigenvalue weighted by atomic mass is 10.2. The number of carboxylic acid groups (broad SMARTS) is 1. The SMILES string of the molecule is Cc1cc(=O)c(C(=O)NC(CC(F)(F)F)C(=O)O)nn1-c1ccccc1F. The lowest BCUT2D eigenvalue weighted by Gasteiger charge is -2.16. The summed E-state index contributed by atoms with van der Waals surface area (Å²) in [6, 6.07) is 3.93. The number of aliphatic carboxylic acids is 1. The van der Waals surface area contributed by atoms with Gasteiger partial charge in [0, 0.05) is 11.8 Å². The number of aromatic nitrogens is 2. The molecule has 0 bridgehead atoms. The van der Waals surface area contributed by atoms with Crippen LogP contribution < -0.4 is 10.7 Å². The number of carboxylic acids is 1. The molecule has 1 heterocycles. The monoisotopic (exact) mass is 387 g/mol. The molecule has 1 atom stereocenters. The Balaban J connectivity index is 2.42. The Morgan fingerprint density at radius 3 is 2.48 bits per heavy atom. The molecule has 1 unspecified atom stereocenters. The van der Waals surface area contributed by atoms with Crippen LogP contribution in [0.25, 0.3) is 5.69 Å². The maximum absolute atomic E-state index is 13.9. The largest absolute Gasteiger partial charge is 0.480 e. The number of benzene rings is 1. The van der Waals surface area contributed by atoms with Crippen LogP contribution in [0, 0.1) is 12.7 Å². The summed E-state index contributed by atoms with van der Waals surface area (Å²) in [5.41, 5.74) is -1.76. The van der Waals surface area contributed by atoms with Gasteiger partial charge in [-0.25, -0.2) is 13.9 Å². The zero-order valence-electron chi connectivity index (χ0n) is 13.7. The number of carbonyl (C=O) groups is 2. The summed E-state index contributed by atoms with van der Waals surface area (Å²) in [4.78, 5) is 35.1. The highest BCUT2D eigenvalue weighted by Crippen LogP contribution is 2.21. The topological polar surface area (TPSA) is 101 Å². The minimum absolute atomic E-state index is 0.103. The van der Waals surface area contributed by atoms with E-state index in [1.807, 2.05) is 0 Å². The highest BCUT2D eigenvalue weighted by Gasteiger charge is 2.37. The molecule has 2 aromatic rings. The molecular formula is C16H13F4N3O4. The van der Waals surface area contributed by atoms with Gasteiger partial charge in [-0.2, -0.15) is 18.3 Å². The number of halogens is 4. The van der Waals surface area contributed by atoms with Gasteiger partial charge in [0.1, 0.15) is 17.5 Å². The van der Waals surface area contributed by atoms with Crippen molar-refractivity contribution in [1.82, 2.24) is 15.1 Å². The van der Waals surface area contributed by atoms with Crippen LogP contribution in [-0.4, -0.2) is 39.0 Å². The molecule has 0 spiro atoms. The van der Waals surface area contributed by atoms with Gasteiger partial charge in [0.25, 0.3) is 5.91 Å². The number of amides is 1. The predicted octanol–water partition coefficient (Wildman–Crippen LogP) is 1.82. The second-order valence-electron chi connectivity index (χ2n) is 5.55. The fraction of sp³-hybridized carbons (Fsp3) is 0.250. The molecule has 0 aliphatic carbocycles. The Hall–Kier alpha value is -3.24. The lowest BCUT2D eigenvalue weighted by molar-refractivity contribution is -0.157. The third-order valence-corrected chi connectivity index (χ3v) is 3.44. The molecular weight excluding hydrogens is 374 g/mol. The minimum atomic E-state index is -4.86. The first-order valence-electron chi connectivity index (χ1n) is 7.46. The smallest absolute Gasteiger partial charge is 0.391 e. The van der Waals surface area contributed by atoms with Gasteiger partial charge in [0.15, 0.2) is 5.69 Å². The van der Waals surface area contributed by atoms with Gasteiger partial charge in [-0.15, -0.1) is 0 Å². The molecule has 27 heavy (non-hydrogen) atoms. The predicted molar refractivity (Wildman–Crippen MR) is 84.1 cm³/mol. The van der Waals surface area contributed by atoms with Gasteiger partial charge in [0.05, 0.1) is 6.42 Å². The number of alkyl halides is 3. The van der Waals surface area contributed by atoms with Crippen molar-refractivity contribution in [3.63, 3.8) is 0 Å². The van der Waals surface area contributed by atoms with E-state index in [2.05, 4.69) is 5.10 Å². The first-order chi connectivity index (χ1) is 12.5. The normalized spacial score (nSPS) is 12.5. The third-order valence-electron chi connectivity index (χ3n) is 3.44. The molecule has 0 fully saturated rings. The van der Waals surface area contributed by atoms with E-state index in [1.54, 1.807) is 5.32 Å². The molecule has 0 saturated carbocycles. The van der Waals surface area contributed by atoms with E-state index >= 15 is 0 Å². The fourth-order valence-electron chi connectivity index (χ4n) is 2.23. The van der Waals surface area contributed by atoms with Crippen LogP contribution in [0.4, 0.5) is 17.6 Å². The molecule has 1 amide bonds. The maximum Gasteiger partial charge on any atom is 0.391 e. The Morgan fingerprint density at radius 2 is 1.93 bits per heavy atom. The van der Waals surface area contributed by atoms with Crippen molar-refractivity contribution in [3.05, 3.63) is 57.8 Å². The third kappa shape index (κ3) is 4.90. The van der Waals surface area contributed by atoms with Crippen LogP contribution in [0.5, 0.6) is 0 Å². The number of rotatable bonds is 5. The van der Waals surface area contributed by atoms with E-state index in [-0.39, 0.29) is 11.4 Å². The first kappa shape index (κ1) is 20.1. The van der Waals surface area contributed by atoms with E-state index in [0.717, 1.165) is 16.8 Å². The van der Waals surface area contributed by atoms with Gasteiger partial charge >= 0.3 is 12.1 Å². The highest BCUT2D eigenvalue weighted by molar-refractivity contribution is 5.94. The summed E-state index contributed by atoms with van der Waals surface area (Å²) in [6.07, 6.45) is -6.69. The molecule has 2 N–H and O–H groups in total. The van der Waals surface area contributed by atoms with E-state index < -0.39 is 47.5 Å². The number of carbonyl (C=O) groups excluding carboxylic acids is 1. The Bertz CT molecular complexity index is 940. The summed E-state index contributed by atoms with van der Waals surface area (Å²) in [6.45, 7) is 1.41. The van der Waals surface area contributed by atoms with E-state index in [9.17, 15) is 31.9 Å². The van der Waals surface area contributed by atoms with Crippen molar-refractivity contribution in [2.45, 2.75) is 25.6 Å². The summed E-state index contributed by atoms with van der Waals surface area (Å²) in [5, 5.41) is 14.2. The zero-order chi connectivity index (χ0) is 20.4. The van der Waals surface area contributed by atoms with Gasteiger partial charge in [0.2, 0.25) is 5.43 Å². The molecule has 1 aromatic heterocycles. The number of nitrogens with one attached hydrogen (secondary N) is 1. The average Bonchev–Trinajstić information content (AvgIpc) is 2.54. The second-order valence-corrected chi connectivity index (χ2v) is 5.55. The molecule has 0 aliphatic rings. The van der Waals surface area contributed by atoms with Gasteiger partial charge in [-0.05, 0) is 19.1 Å². The number of nitrogens with zero attached hydrogens (tertiary/aromatic N) is 2. The van der Waals surface area contributed by atoms with E-state index in [4.69, 9.17) is 5.11 Å². The fourth-order valence-corrected chi connectivity index (χ4v) is 2.23. The molecule has 0 saturated heterocycles. The number of hydrogen-bond donors (Lipinski definition) is 2. The molecule has 0 radical (unpaired) electrons. The van der Waals surface area contributed by atoms with Crippen LogP contribution in [-0.2, 0) is 4.79 Å². The minimum Gasteiger partial charge on any atom is -0.480 e. The quantitative estimate of drug-likeness (QED) is 0.762. The zero-order valence-corrected chi connectivity index (χ0v) is 13.7. The van der Waals surface area contributed by atoms with Crippen LogP contribution in [0.15, 0.2) is 35.1 Å². The van der Waals surface area contributed by atoms with Gasteiger partial charge in [-0.1, -0.05) is 12.1 Å². The standard InChI is InChI=1S/C16H13F4N3O4/c1-8-6-12(24)13(22-23(8)11-5-3-2-4-9(11)17)14(25)21-10(15(26)27)7-16(18,19)20/h2-6,10H,7H2,1H3,(H,21,25)(H,26,27). The number of para-hydroxylation sites is 1. The molecule has 144 valence electrons. The number of hydrogen-bond acceptors (Lipinski definition) is 4. The molecule has 11 heteroatoms. The van der Waals surface area contributed by atoms with Crippen molar-refractivity contribution < 1.29 is 32.3 Å². The Labute approximate surface area is 149 Å². The summed E-state index contributed by atoms with van der Waals surface area (Å²) < 4.78 is 52.2. The van der Waals surface area contributed by atoms with E-state index in [1.165, 1.54) is 25.1 Å². The summed E-state index contributed by atoms with van der Waals surface area (Å²) in [5.74, 6) is -4.06. The summed E-state index contributed by atoms with van der Waals surface area (Å²) in [7, 11) is 0. The average molecular weight is 387 g/mol. The van der Waals surface area contributed by atoms with Crippen molar-refractivity contribution in [1.29, 1.82) is 0 Å². The maximum atomic E-state index is 13.9. The van der Waals surface area contributed by atoms with Crippen molar-refractivity contribution in [2.75, 3.05) is 0 Å². The van der Waals surface area contributed by atoms with Crippen LogP contribution in [0.3, 0.4) is 0 Å². The van der Waals surface area contributed by atoms with Crippen LogP contribution in [0.2, 0.25) is 0 Å². The lowest BCUT2D eigenvalue weighted by Crippen LogP contribution is -2.45. The number of aryl methyl sites for hydroxylation is 1. The first-order valence-corrected chi connectivity index (χ1v) is 7.46. The molecule has 7 nitrogen and oxygen atoms in total. The van der Waals surface area contributed by atoms with E-state index in [0.29, 0.717) is 0 Å². The molecule has 2 rings (SSSR count). The van der Waals surface area contributed by atoms with Crippen molar-refractivity contribution >= 4 is 11.9 Å². The van der Waals surface area contributed by atoms with Crippen molar-refractivity contribution in [2.24, 2.45) is 0 Å². The Kier molecular flexibility index (Phi) is 5.62. The van der Waals surface area contributed by atoms with Gasteiger partial charge in [-0.3, -0.25) is 9.59 Å². The summed E-state index contributed by atoms with van der Waals surface area (Å²) >= 11 is 0. The van der Waals surface area contributed by atoms with Gasteiger partial charge < -0.3 is 10.4 Å². The van der Waals surface area contributed by atoms with Crippen molar-refractivity contribution in [3.8, 4) is 5.69 Å². The molecule has 1 aromatic carbocycles. The second kappa shape index (κ2) is 7.56. The van der Waals surface area contributed by atoms with Crippen LogP contribution in [0.1, 0.15) is 22.6 Å².